The molecule has 160 valence electrons. The monoisotopic (exact) mass is 506 g/mol. The van der Waals surface area contributed by atoms with Gasteiger partial charge in [0, 0.05) is 25.7 Å². The zero-order valence-corrected chi connectivity index (χ0v) is 19.8. The van der Waals surface area contributed by atoms with Crippen LogP contribution in [0.2, 0.25) is 0 Å². The smallest absolute Gasteiger partial charge is 0.188 e. The minimum absolute atomic E-state index is 0. The van der Waals surface area contributed by atoms with Gasteiger partial charge in [0.2, 0.25) is 0 Å². The molecule has 1 aliphatic rings. The van der Waals surface area contributed by atoms with E-state index in [1.54, 1.807) is 14.2 Å². The van der Waals surface area contributed by atoms with Crippen LogP contribution in [0.25, 0.3) is 0 Å². The number of nitrogens with zero attached hydrogens (tertiary/aromatic N) is 2. The van der Waals surface area contributed by atoms with Crippen LogP contribution in [0.1, 0.15) is 19.4 Å². The highest BCUT2D eigenvalue weighted by atomic mass is 127. The van der Waals surface area contributed by atoms with E-state index in [0.717, 1.165) is 49.8 Å². The van der Waals surface area contributed by atoms with Crippen molar-refractivity contribution in [3.63, 3.8) is 0 Å². The Bertz CT molecular complexity index is 607. The molecule has 1 aromatic rings. The van der Waals surface area contributed by atoms with Gasteiger partial charge in [-0.05, 0) is 30.0 Å². The highest BCUT2D eigenvalue weighted by molar-refractivity contribution is 14.0. The summed E-state index contributed by atoms with van der Waals surface area (Å²) in [5.41, 5.74) is 7.22. The summed E-state index contributed by atoms with van der Waals surface area (Å²) >= 11 is 0. The molecule has 0 bridgehead atoms. The van der Waals surface area contributed by atoms with Crippen molar-refractivity contribution in [3.05, 3.63) is 23.8 Å². The predicted octanol–water partition coefficient (Wildman–Crippen LogP) is 2.13. The Morgan fingerprint density at radius 2 is 1.89 bits per heavy atom. The Hall–Kier alpha value is -1.26. The number of guanidine groups is 1. The number of nitrogens with two attached hydrogens (primary N) is 1. The number of rotatable bonds is 9. The van der Waals surface area contributed by atoms with E-state index in [9.17, 15) is 0 Å². The summed E-state index contributed by atoms with van der Waals surface area (Å²) in [6.45, 7) is 9.40. The molecule has 0 amide bonds. The molecule has 1 fully saturated rings. The number of hydrogen-bond acceptors (Lipinski definition) is 5. The van der Waals surface area contributed by atoms with Gasteiger partial charge in [0.15, 0.2) is 17.5 Å². The Morgan fingerprint density at radius 3 is 2.50 bits per heavy atom. The summed E-state index contributed by atoms with van der Waals surface area (Å²) in [6, 6.07) is 6.33. The Balaban J connectivity index is 0.00000392. The van der Waals surface area contributed by atoms with Crippen LogP contribution in [0.4, 0.5) is 0 Å². The van der Waals surface area contributed by atoms with Crippen molar-refractivity contribution in [1.82, 2.24) is 10.2 Å². The van der Waals surface area contributed by atoms with Crippen molar-refractivity contribution in [3.8, 4) is 11.5 Å². The molecular formula is C20H35IN4O3. The summed E-state index contributed by atoms with van der Waals surface area (Å²) in [7, 11) is 3.28. The fourth-order valence-electron chi connectivity index (χ4n) is 3.28. The van der Waals surface area contributed by atoms with Gasteiger partial charge >= 0.3 is 0 Å². The first-order chi connectivity index (χ1) is 13.0. The van der Waals surface area contributed by atoms with Gasteiger partial charge in [-0.3, -0.25) is 9.89 Å². The van der Waals surface area contributed by atoms with E-state index in [-0.39, 0.29) is 24.0 Å². The first-order valence-corrected chi connectivity index (χ1v) is 9.61. The van der Waals surface area contributed by atoms with E-state index in [4.69, 9.17) is 19.9 Å². The van der Waals surface area contributed by atoms with Gasteiger partial charge in [-0.15, -0.1) is 24.0 Å². The first kappa shape index (κ1) is 24.8. The van der Waals surface area contributed by atoms with Gasteiger partial charge in [0.25, 0.3) is 0 Å². The number of morpholine rings is 1. The van der Waals surface area contributed by atoms with E-state index in [0.29, 0.717) is 31.0 Å². The molecule has 3 N–H and O–H groups in total. The third-order valence-corrected chi connectivity index (χ3v) is 4.90. The molecule has 2 rings (SSSR count). The highest BCUT2D eigenvalue weighted by Crippen LogP contribution is 2.27. The molecule has 1 aromatic carbocycles. The molecule has 7 nitrogen and oxygen atoms in total. The first-order valence-electron chi connectivity index (χ1n) is 9.61. The Kier molecular flexibility index (Phi) is 11.6. The van der Waals surface area contributed by atoms with Crippen LogP contribution in [-0.2, 0) is 11.2 Å². The van der Waals surface area contributed by atoms with Gasteiger partial charge in [-0.1, -0.05) is 19.9 Å². The van der Waals surface area contributed by atoms with E-state index in [1.807, 2.05) is 18.2 Å². The second kappa shape index (κ2) is 13.1. The van der Waals surface area contributed by atoms with Crippen molar-refractivity contribution in [2.24, 2.45) is 16.6 Å². The highest BCUT2D eigenvalue weighted by Gasteiger charge is 2.23. The Labute approximate surface area is 186 Å². The van der Waals surface area contributed by atoms with Crippen LogP contribution in [0.15, 0.2) is 23.2 Å². The van der Waals surface area contributed by atoms with E-state index in [1.165, 1.54) is 0 Å². The normalized spacial score (nSPS) is 16.4. The maximum atomic E-state index is 6.07. The number of aliphatic imine (C=N–C) groups is 1. The molecule has 1 aliphatic heterocycles. The summed E-state index contributed by atoms with van der Waals surface area (Å²) in [5, 5.41) is 3.21. The fraction of sp³-hybridized carbons (Fsp3) is 0.650. The quantitative estimate of drug-likeness (QED) is 0.304. The number of nitrogens with one attached hydrogen (secondary N) is 1. The fourth-order valence-corrected chi connectivity index (χ4v) is 3.28. The van der Waals surface area contributed by atoms with Gasteiger partial charge in [0.05, 0.1) is 34.0 Å². The molecule has 0 spiro atoms. The van der Waals surface area contributed by atoms with Crippen LogP contribution >= 0.6 is 24.0 Å². The maximum Gasteiger partial charge on any atom is 0.188 e. The van der Waals surface area contributed by atoms with Crippen molar-refractivity contribution in [1.29, 1.82) is 0 Å². The van der Waals surface area contributed by atoms with Crippen LogP contribution in [0, 0.1) is 5.92 Å². The topological polar surface area (TPSA) is 81.3 Å². The Morgan fingerprint density at radius 1 is 1.21 bits per heavy atom. The molecule has 1 saturated heterocycles. The van der Waals surface area contributed by atoms with Crippen LogP contribution < -0.4 is 20.5 Å². The average molecular weight is 506 g/mol. The lowest BCUT2D eigenvalue weighted by Crippen LogP contribution is -2.48. The van der Waals surface area contributed by atoms with Gasteiger partial charge < -0.3 is 25.3 Å². The molecule has 8 heteroatoms. The van der Waals surface area contributed by atoms with Crippen molar-refractivity contribution < 1.29 is 14.2 Å². The van der Waals surface area contributed by atoms with Gasteiger partial charge in [0.1, 0.15) is 0 Å². The molecule has 1 atom stereocenters. The minimum atomic E-state index is 0. The number of hydrogen-bond donors (Lipinski definition) is 2. The second-order valence-corrected chi connectivity index (χ2v) is 7.05. The summed E-state index contributed by atoms with van der Waals surface area (Å²) < 4.78 is 16.1. The SMILES string of the molecule is COc1ccc(CCNC(N)=NCC(C(C)C)N2CCOCC2)cc1OC.I. The van der Waals surface area contributed by atoms with E-state index in [2.05, 4.69) is 29.1 Å². The predicted molar refractivity (Wildman–Crippen MR) is 124 cm³/mol. The van der Waals surface area contributed by atoms with Crippen molar-refractivity contribution >= 4 is 29.9 Å². The molecule has 0 aromatic heterocycles. The zero-order chi connectivity index (χ0) is 19.6. The summed E-state index contributed by atoms with van der Waals surface area (Å²) in [6.07, 6.45) is 0.827. The molecular weight excluding hydrogens is 471 g/mol. The maximum absolute atomic E-state index is 6.07. The lowest BCUT2D eigenvalue weighted by atomic mass is 10.0. The second-order valence-electron chi connectivity index (χ2n) is 7.05. The van der Waals surface area contributed by atoms with E-state index < -0.39 is 0 Å². The lowest BCUT2D eigenvalue weighted by molar-refractivity contribution is 0.00868. The standard InChI is InChI=1S/C20H34N4O3.HI/c1-15(2)17(24-9-11-27-12-10-24)14-23-20(21)22-8-7-16-5-6-18(25-3)19(13-16)26-4;/h5-6,13,15,17H,7-12,14H2,1-4H3,(H3,21,22,23);1H. The van der Waals surface area contributed by atoms with Gasteiger partial charge in [-0.25, -0.2) is 0 Å². The minimum Gasteiger partial charge on any atom is -0.493 e. The zero-order valence-electron chi connectivity index (χ0n) is 17.4. The molecule has 1 heterocycles. The van der Waals surface area contributed by atoms with Crippen LogP contribution in [0.5, 0.6) is 11.5 Å². The molecule has 0 radical (unpaired) electrons. The number of halogens is 1. The summed E-state index contributed by atoms with van der Waals surface area (Å²) in [5.74, 6) is 2.49. The molecule has 28 heavy (non-hydrogen) atoms. The molecule has 0 aliphatic carbocycles. The van der Waals surface area contributed by atoms with Crippen LogP contribution in [-0.4, -0.2) is 70.5 Å². The lowest BCUT2D eigenvalue weighted by Gasteiger charge is -2.36. The number of ether oxygens (including phenoxy) is 3. The van der Waals surface area contributed by atoms with Crippen molar-refractivity contribution in [2.75, 3.05) is 53.6 Å². The largest absolute Gasteiger partial charge is 0.493 e. The van der Waals surface area contributed by atoms with Crippen molar-refractivity contribution in [2.45, 2.75) is 26.3 Å². The third-order valence-electron chi connectivity index (χ3n) is 4.90. The van der Waals surface area contributed by atoms with E-state index >= 15 is 0 Å². The van der Waals surface area contributed by atoms with Gasteiger partial charge in [-0.2, -0.15) is 0 Å². The number of benzene rings is 1. The average Bonchev–Trinajstić information content (AvgIpc) is 2.68. The third kappa shape index (κ3) is 7.63. The number of methoxy groups -OCH3 is 2. The summed E-state index contributed by atoms with van der Waals surface area (Å²) in [4.78, 5) is 7.02. The van der Waals surface area contributed by atoms with Crippen LogP contribution in [0.3, 0.4) is 0 Å². The molecule has 0 saturated carbocycles. The molecule has 1 unspecified atom stereocenters.